The quantitative estimate of drug-likeness (QED) is 0.707. The van der Waals surface area contributed by atoms with Gasteiger partial charge in [0.15, 0.2) is 5.78 Å². The van der Waals surface area contributed by atoms with Crippen molar-refractivity contribution in [3.8, 4) is 5.75 Å². The second kappa shape index (κ2) is 4.96. The normalized spacial score (nSPS) is 10.1. The summed E-state index contributed by atoms with van der Waals surface area (Å²) in [7, 11) is 1.67. The fourth-order valence-electron chi connectivity index (χ4n) is 1.77. The lowest BCUT2D eigenvalue weighted by Gasteiger charge is -2.12. The maximum atomic E-state index is 11.6. The van der Waals surface area contributed by atoms with E-state index in [0.717, 1.165) is 28.9 Å². The average Bonchev–Trinajstić information content (AvgIpc) is 2.26. The van der Waals surface area contributed by atoms with Crippen molar-refractivity contribution in [3.05, 3.63) is 28.8 Å². The highest BCUT2D eigenvalue weighted by molar-refractivity contribution is 5.96. The molecule has 1 rings (SSSR count). The van der Waals surface area contributed by atoms with Gasteiger partial charge in [0.1, 0.15) is 5.75 Å². The lowest BCUT2D eigenvalue weighted by Crippen LogP contribution is -2.01. The van der Waals surface area contributed by atoms with E-state index in [4.69, 9.17) is 4.74 Å². The number of rotatable bonds is 4. The van der Waals surface area contributed by atoms with Gasteiger partial charge in [-0.1, -0.05) is 13.8 Å². The van der Waals surface area contributed by atoms with Crippen LogP contribution in [0, 0.1) is 6.92 Å². The molecule has 0 radical (unpaired) electrons. The molecule has 0 aliphatic heterocycles. The Bertz CT molecular complexity index is 367. The van der Waals surface area contributed by atoms with Crippen molar-refractivity contribution in [1.29, 1.82) is 0 Å². The highest BCUT2D eigenvalue weighted by Gasteiger charge is 2.10. The third-order valence-corrected chi connectivity index (χ3v) is 2.58. The van der Waals surface area contributed by atoms with Crippen LogP contribution in [0.2, 0.25) is 0 Å². The standard InChI is InChI=1S/C13H18O2/c1-5-10-8-11(12(14)6-2)7-9(3)13(10)15-4/h7-8H,5-6H2,1-4H3. The number of hydrogen-bond acceptors (Lipinski definition) is 2. The number of ketones is 1. The van der Waals surface area contributed by atoms with Crippen LogP contribution in [0.5, 0.6) is 5.75 Å². The Morgan fingerprint density at radius 1 is 1.33 bits per heavy atom. The van der Waals surface area contributed by atoms with Crippen molar-refractivity contribution in [3.63, 3.8) is 0 Å². The van der Waals surface area contributed by atoms with Gasteiger partial charge in [-0.15, -0.1) is 0 Å². The molecule has 1 aromatic carbocycles. The lowest BCUT2D eigenvalue weighted by molar-refractivity contribution is 0.0988. The van der Waals surface area contributed by atoms with E-state index >= 15 is 0 Å². The summed E-state index contributed by atoms with van der Waals surface area (Å²) in [6.07, 6.45) is 1.43. The third-order valence-electron chi connectivity index (χ3n) is 2.58. The number of ether oxygens (including phenoxy) is 1. The van der Waals surface area contributed by atoms with Gasteiger partial charge < -0.3 is 4.74 Å². The van der Waals surface area contributed by atoms with E-state index < -0.39 is 0 Å². The summed E-state index contributed by atoms with van der Waals surface area (Å²) in [4.78, 5) is 11.6. The second-order valence-electron chi connectivity index (χ2n) is 3.62. The molecule has 0 atom stereocenters. The zero-order valence-corrected chi connectivity index (χ0v) is 9.89. The molecule has 0 aliphatic carbocycles. The molecule has 0 heterocycles. The third kappa shape index (κ3) is 2.38. The summed E-state index contributed by atoms with van der Waals surface area (Å²) in [5.41, 5.74) is 2.94. The van der Waals surface area contributed by atoms with Crippen molar-refractivity contribution < 1.29 is 9.53 Å². The molecule has 82 valence electrons. The molecule has 0 unspecified atom stereocenters. The van der Waals surface area contributed by atoms with E-state index in [-0.39, 0.29) is 5.78 Å². The lowest BCUT2D eigenvalue weighted by atomic mass is 9.99. The van der Waals surface area contributed by atoms with Gasteiger partial charge in [-0.25, -0.2) is 0 Å². The first kappa shape index (κ1) is 11.8. The molecule has 0 aromatic heterocycles. The molecule has 0 fully saturated rings. The fourth-order valence-corrected chi connectivity index (χ4v) is 1.77. The van der Waals surface area contributed by atoms with Crippen molar-refractivity contribution in [2.24, 2.45) is 0 Å². The molecule has 2 heteroatoms. The van der Waals surface area contributed by atoms with Gasteiger partial charge in [-0.2, -0.15) is 0 Å². The van der Waals surface area contributed by atoms with Gasteiger partial charge in [0, 0.05) is 12.0 Å². The van der Waals surface area contributed by atoms with Crippen LogP contribution in [0.1, 0.15) is 41.8 Å². The Morgan fingerprint density at radius 2 is 2.00 bits per heavy atom. The maximum Gasteiger partial charge on any atom is 0.162 e. The smallest absolute Gasteiger partial charge is 0.162 e. The van der Waals surface area contributed by atoms with Crippen molar-refractivity contribution >= 4 is 5.78 Å². The first-order valence-corrected chi connectivity index (χ1v) is 5.34. The van der Waals surface area contributed by atoms with Gasteiger partial charge >= 0.3 is 0 Å². The zero-order chi connectivity index (χ0) is 11.4. The number of hydrogen-bond donors (Lipinski definition) is 0. The van der Waals surface area contributed by atoms with Crippen molar-refractivity contribution in [2.75, 3.05) is 7.11 Å². The predicted molar refractivity (Wildman–Crippen MR) is 61.7 cm³/mol. The summed E-state index contributed by atoms with van der Waals surface area (Å²) in [5, 5.41) is 0. The molecule has 0 saturated carbocycles. The first-order chi connectivity index (χ1) is 7.13. The summed E-state index contributed by atoms with van der Waals surface area (Å²) < 4.78 is 5.32. The van der Waals surface area contributed by atoms with Crippen LogP contribution in [0.4, 0.5) is 0 Å². The van der Waals surface area contributed by atoms with Gasteiger partial charge in [-0.3, -0.25) is 4.79 Å². The topological polar surface area (TPSA) is 26.3 Å². The first-order valence-electron chi connectivity index (χ1n) is 5.34. The molecule has 0 N–H and O–H groups in total. The van der Waals surface area contributed by atoms with Crippen LogP contribution in [0.25, 0.3) is 0 Å². The second-order valence-corrected chi connectivity index (χ2v) is 3.62. The Labute approximate surface area is 91.3 Å². The van der Waals surface area contributed by atoms with Gasteiger partial charge in [0.2, 0.25) is 0 Å². The molecule has 1 aromatic rings. The van der Waals surface area contributed by atoms with Crippen molar-refractivity contribution in [2.45, 2.75) is 33.6 Å². The number of Topliss-reactive ketones (excluding diaryl/α,β-unsaturated/α-hetero) is 1. The molecule has 0 aliphatic rings. The number of benzene rings is 1. The molecule has 0 saturated heterocycles. The number of carbonyl (C=O) groups is 1. The monoisotopic (exact) mass is 206 g/mol. The fraction of sp³-hybridized carbons (Fsp3) is 0.462. The predicted octanol–water partition coefficient (Wildman–Crippen LogP) is 3.16. The van der Waals surface area contributed by atoms with Crippen LogP contribution in [0.3, 0.4) is 0 Å². The van der Waals surface area contributed by atoms with Crippen LogP contribution < -0.4 is 4.74 Å². The van der Waals surface area contributed by atoms with Crippen LogP contribution in [-0.4, -0.2) is 12.9 Å². The minimum Gasteiger partial charge on any atom is -0.496 e. The minimum absolute atomic E-state index is 0.190. The largest absolute Gasteiger partial charge is 0.496 e. The van der Waals surface area contributed by atoms with Crippen LogP contribution in [-0.2, 0) is 6.42 Å². The van der Waals surface area contributed by atoms with Crippen molar-refractivity contribution in [1.82, 2.24) is 0 Å². The van der Waals surface area contributed by atoms with E-state index in [9.17, 15) is 4.79 Å². The summed E-state index contributed by atoms with van der Waals surface area (Å²) in [6.45, 7) is 5.93. The van der Waals surface area contributed by atoms with E-state index in [2.05, 4.69) is 6.92 Å². The molecule has 0 bridgehead atoms. The summed E-state index contributed by atoms with van der Waals surface area (Å²) >= 11 is 0. The summed E-state index contributed by atoms with van der Waals surface area (Å²) in [5.74, 6) is 1.10. The molecule has 15 heavy (non-hydrogen) atoms. The molecule has 2 nitrogen and oxygen atoms in total. The van der Waals surface area contributed by atoms with E-state index in [1.807, 2.05) is 26.0 Å². The molecule has 0 spiro atoms. The van der Waals surface area contributed by atoms with E-state index in [1.165, 1.54) is 0 Å². The maximum absolute atomic E-state index is 11.6. The molecular weight excluding hydrogens is 188 g/mol. The number of aryl methyl sites for hydroxylation is 2. The Balaban J connectivity index is 3.25. The average molecular weight is 206 g/mol. The molecular formula is C13H18O2. The highest BCUT2D eigenvalue weighted by Crippen LogP contribution is 2.26. The van der Waals surface area contributed by atoms with E-state index in [0.29, 0.717) is 6.42 Å². The number of carbonyl (C=O) groups excluding carboxylic acids is 1. The van der Waals surface area contributed by atoms with E-state index in [1.54, 1.807) is 7.11 Å². The number of methoxy groups -OCH3 is 1. The van der Waals surface area contributed by atoms with Crippen LogP contribution >= 0.6 is 0 Å². The summed E-state index contributed by atoms with van der Waals surface area (Å²) in [6, 6.07) is 3.85. The Morgan fingerprint density at radius 3 is 2.47 bits per heavy atom. The van der Waals surface area contributed by atoms with Crippen LogP contribution in [0.15, 0.2) is 12.1 Å². The SMILES string of the molecule is CCC(=O)c1cc(C)c(OC)c(CC)c1. The molecule has 0 amide bonds. The minimum atomic E-state index is 0.190. The zero-order valence-electron chi connectivity index (χ0n) is 9.89. The van der Waals surface area contributed by atoms with Gasteiger partial charge in [0.25, 0.3) is 0 Å². The Hall–Kier alpha value is -1.31. The van der Waals surface area contributed by atoms with Gasteiger partial charge in [0.05, 0.1) is 7.11 Å². The highest BCUT2D eigenvalue weighted by atomic mass is 16.5. The van der Waals surface area contributed by atoms with Gasteiger partial charge in [-0.05, 0) is 36.6 Å². The Kier molecular flexibility index (Phi) is 3.89.